The summed E-state index contributed by atoms with van der Waals surface area (Å²) in [6.07, 6.45) is -1.20. The smallest absolute Gasteiger partial charge is 0.325 e. The zero-order chi connectivity index (χ0) is 38.9. The molecule has 56 heavy (non-hydrogen) atoms. The lowest BCUT2D eigenvalue weighted by Gasteiger charge is -2.38. The molecule has 288 valence electrons. The molecule has 0 atom stereocenters. The van der Waals surface area contributed by atoms with Crippen molar-refractivity contribution >= 4 is 23.2 Å². The Hall–Kier alpha value is -5.25. The molecular formula is C47H47F3N4O2. The van der Waals surface area contributed by atoms with Crippen LogP contribution in [0.25, 0.3) is 0 Å². The average Bonchev–Trinajstić information content (AvgIpc) is 3.60. The summed E-state index contributed by atoms with van der Waals surface area (Å²) in [6, 6.07) is 40.8. The summed E-state index contributed by atoms with van der Waals surface area (Å²) >= 11 is 0. The van der Waals surface area contributed by atoms with Crippen molar-refractivity contribution < 1.29 is 22.8 Å². The third kappa shape index (κ3) is 7.38. The Labute approximate surface area is 326 Å². The van der Waals surface area contributed by atoms with E-state index in [1.807, 2.05) is 60.7 Å². The maximum atomic E-state index is 13.9. The van der Waals surface area contributed by atoms with Gasteiger partial charge in [0.2, 0.25) is 11.8 Å². The summed E-state index contributed by atoms with van der Waals surface area (Å²) in [5.41, 5.74) is 6.05. The molecule has 6 nitrogen and oxygen atoms in total. The number of likely N-dealkylation sites (tertiary alicyclic amines) is 2. The number of alkyl halides is 3. The molecule has 0 aromatic heterocycles. The second-order valence-electron chi connectivity index (χ2n) is 15.8. The quantitative estimate of drug-likeness (QED) is 0.188. The molecule has 0 bridgehead atoms. The molecule has 9 rings (SSSR count). The fourth-order valence-electron chi connectivity index (χ4n) is 9.28. The number of anilines is 2. The average molecular weight is 757 g/mol. The Kier molecular flexibility index (Phi) is 10.3. The normalized spacial score (nSPS) is 18.7. The predicted octanol–water partition coefficient (Wildman–Crippen LogP) is 9.27. The van der Waals surface area contributed by atoms with E-state index < -0.39 is 17.2 Å². The number of benzene rings is 5. The summed E-state index contributed by atoms with van der Waals surface area (Å²) in [6.45, 7) is 7.14. The molecule has 4 heterocycles. The van der Waals surface area contributed by atoms with Gasteiger partial charge in [0.05, 0.1) is 22.9 Å². The van der Waals surface area contributed by atoms with Crippen LogP contribution in [0.5, 0.6) is 0 Å². The van der Waals surface area contributed by atoms with E-state index in [1.165, 1.54) is 16.7 Å². The van der Waals surface area contributed by atoms with Crippen LogP contribution in [-0.4, -0.2) is 47.8 Å². The lowest BCUT2D eigenvalue weighted by Crippen LogP contribution is -2.48. The summed E-state index contributed by atoms with van der Waals surface area (Å²) in [5.74, 6) is 0.191. The van der Waals surface area contributed by atoms with Crippen LogP contribution in [0.3, 0.4) is 0 Å². The topological polar surface area (TPSA) is 55.9 Å². The summed E-state index contributed by atoms with van der Waals surface area (Å²) in [7, 11) is 0. The predicted molar refractivity (Wildman–Crippen MR) is 214 cm³/mol. The Bertz CT molecular complexity index is 2190. The number of nitrogens with zero attached hydrogens (tertiary/aromatic N) is 3. The minimum absolute atomic E-state index is 0.00289. The van der Waals surface area contributed by atoms with Gasteiger partial charge in [0, 0.05) is 24.5 Å². The van der Waals surface area contributed by atoms with E-state index in [9.17, 15) is 22.8 Å². The van der Waals surface area contributed by atoms with Gasteiger partial charge in [0.15, 0.2) is 0 Å². The van der Waals surface area contributed by atoms with Crippen molar-refractivity contribution in [1.82, 2.24) is 9.80 Å². The molecule has 4 aliphatic rings. The number of fused-ring (bicyclic) bond motifs is 4. The number of amides is 2. The van der Waals surface area contributed by atoms with E-state index in [0.29, 0.717) is 24.0 Å². The van der Waals surface area contributed by atoms with Gasteiger partial charge in [-0.05, 0) is 111 Å². The Balaban J connectivity index is 0.000000172. The highest BCUT2D eigenvalue weighted by Crippen LogP contribution is 2.49. The number of carbonyl (C=O) groups is 2. The van der Waals surface area contributed by atoms with Gasteiger partial charge in [-0.25, -0.2) is 0 Å². The Morgan fingerprint density at radius 2 is 1.11 bits per heavy atom. The van der Waals surface area contributed by atoms with E-state index in [4.69, 9.17) is 0 Å². The zero-order valence-electron chi connectivity index (χ0n) is 31.7. The fourth-order valence-corrected chi connectivity index (χ4v) is 9.28. The second-order valence-corrected chi connectivity index (χ2v) is 15.8. The van der Waals surface area contributed by atoms with E-state index in [2.05, 4.69) is 63.6 Å². The van der Waals surface area contributed by atoms with E-state index in [0.717, 1.165) is 81.2 Å². The Morgan fingerprint density at radius 3 is 1.70 bits per heavy atom. The number of carbonyl (C=O) groups excluding carboxylic acids is 2. The van der Waals surface area contributed by atoms with Crippen LogP contribution >= 0.6 is 0 Å². The first-order valence-electron chi connectivity index (χ1n) is 19.6. The van der Waals surface area contributed by atoms with E-state index in [1.54, 1.807) is 17.9 Å². The zero-order valence-corrected chi connectivity index (χ0v) is 31.7. The van der Waals surface area contributed by atoms with Gasteiger partial charge in [-0.3, -0.25) is 19.4 Å². The molecule has 5 aromatic carbocycles. The van der Waals surface area contributed by atoms with Crippen LogP contribution < -0.4 is 10.2 Å². The van der Waals surface area contributed by atoms with Gasteiger partial charge in [-0.1, -0.05) is 109 Å². The van der Waals surface area contributed by atoms with Crippen molar-refractivity contribution in [3.8, 4) is 0 Å². The van der Waals surface area contributed by atoms with Crippen molar-refractivity contribution in [3.05, 3.63) is 166 Å². The van der Waals surface area contributed by atoms with Crippen molar-refractivity contribution in [2.24, 2.45) is 0 Å². The van der Waals surface area contributed by atoms with E-state index in [-0.39, 0.29) is 23.8 Å². The number of hydrogen-bond donors (Lipinski definition) is 1. The number of halogens is 3. The molecule has 0 unspecified atom stereocenters. The molecule has 1 N–H and O–H groups in total. The molecular weight excluding hydrogens is 710 g/mol. The van der Waals surface area contributed by atoms with Crippen molar-refractivity contribution in [3.63, 3.8) is 0 Å². The van der Waals surface area contributed by atoms with Gasteiger partial charge in [0.25, 0.3) is 0 Å². The molecule has 0 radical (unpaired) electrons. The minimum Gasteiger partial charge on any atom is -0.325 e. The Morgan fingerprint density at radius 1 is 0.589 bits per heavy atom. The van der Waals surface area contributed by atoms with Crippen LogP contribution in [0.1, 0.15) is 64.6 Å². The third-order valence-electron chi connectivity index (χ3n) is 12.2. The highest BCUT2D eigenvalue weighted by atomic mass is 19.4. The standard InChI is InChI=1S/C28H27F3N2O.C19H20N2O/c1-20-15-22(17-23(16-20)28(29,30)31)19-33-25-10-6-5-9-24(25)27(26(33)34)11-13-32(14-12-27)18-21-7-3-2-4-8-21;22-18-19(16-8-4-5-9-17(16)20-18)10-12-21(13-11-19)14-15-6-2-1-3-7-15/h2-10,15-17H,11-14,18-19H2,1H3;1-9H,10-14H2,(H,20,22). The lowest BCUT2D eigenvalue weighted by molar-refractivity contribution is -0.137. The minimum atomic E-state index is -4.42. The van der Waals surface area contributed by atoms with Crippen LogP contribution in [0.4, 0.5) is 24.5 Å². The van der Waals surface area contributed by atoms with Crippen LogP contribution in [-0.2, 0) is 46.2 Å². The van der Waals surface area contributed by atoms with Crippen LogP contribution in [0.2, 0.25) is 0 Å². The first-order chi connectivity index (χ1) is 27.0. The number of piperidine rings is 2. The fraction of sp³-hybridized carbons (Fsp3) is 0.319. The summed E-state index contributed by atoms with van der Waals surface area (Å²) < 4.78 is 40.1. The largest absolute Gasteiger partial charge is 0.416 e. The van der Waals surface area contributed by atoms with Crippen molar-refractivity contribution in [2.75, 3.05) is 36.4 Å². The monoisotopic (exact) mass is 756 g/mol. The molecule has 2 amide bonds. The highest BCUT2D eigenvalue weighted by Gasteiger charge is 2.52. The molecule has 0 aliphatic carbocycles. The number of hydrogen-bond acceptors (Lipinski definition) is 4. The molecule has 9 heteroatoms. The van der Waals surface area contributed by atoms with Crippen molar-refractivity contribution in [1.29, 1.82) is 0 Å². The molecule has 2 spiro atoms. The van der Waals surface area contributed by atoms with Gasteiger partial charge in [-0.2, -0.15) is 13.2 Å². The van der Waals surface area contributed by atoms with Crippen LogP contribution in [0, 0.1) is 6.92 Å². The SMILES string of the molecule is Cc1cc(CN2C(=O)C3(CCN(Cc4ccccc4)CC3)c3ccccc32)cc(C(F)(F)F)c1.O=C1Nc2ccccc2C12CCN(Cc1ccccc1)CC2. The molecule has 2 fully saturated rings. The van der Waals surface area contributed by atoms with Gasteiger partial charge >= 0.3 is 6.18 Å². The first kappa shape index (κ1) is 37.7. The van der Waals surface area contributed by atoms with E-state index >= 15 is 0 Å². The number of aryl methyl sites for hydroxylation is 1. The third-order valence-corrected chi connectivity index (χ3v) is 12.2. The van der Waals surface area contributed by atoms with Crippen molar-refractivity contribution in [2.45, 2.75) is 69.2 Å². The molecule has 5 aromatic rings. The molecule has 4 aliphatic heterocycles. The lowest BCUT2D eigenvalue weighted by atomic mass is 9.73. The second kappa shape index (κ2) is 15.4. The molecule has 2 saturated heterocycles. The van der Waals surface area contributed by atoms with Gasteiger partial charge < -0.3 is 10.2 Å². The number of nitrogens with one attached hydrogen (secondary N) is 1. The number of para-hydroxylation sites is 2. The van der Waals surface area contributed by atoms with Gasteiger partial charge in [-0.15, -0.1) is 0 Å². The number of rotatable bonds is 6. The molecule has 0 saturated carbocycles. The highest BCUT2D eigenvalue weighted by molar-refractivity contribution is 6.08. The van der Waals surface area contributed by atoms with Crippen LogP contribution in [0.15, 0.2) is 127 Å². The summed E-state index contributed by atoms with van der Waals surface area (Å²) in [4.78, 5) is 32.9. The first-order valence-corrected chi connectivity index (χ1v) is 19.6. The van der Waals surface area contributed by atoms with Gasteiger partial charge in [0.1, 0.15) is 0 Å². The summed E-state index contributed by atoms with van der Waals surface area (Å²) in [5, 5.41) is 3.06. The maximum absolute atomic E-state index is 13.9. The maximum Gasteiger partial charge on any atom is 0.416 e.